The molecule has 4 rings (SSSR count). The van der Waals surface area contributed by atoms with Gasteiger partial charge < -0.3 is 19.1 Å². The molecule has 30 heavy (non-hydrogen) atoms. The fourth-order valence-corrected chi connectivity index (χ4v) is 4.53. The maximum atomic E-state index is 13.2. The van der Waals surface area contributed by atoms with Crippen LogP contribution in [-0.2, 0) is 5.75 Å². The fourth-order valence-electron chi connectivity index (χ4n) is 3.61. The van der Waals surface area contributed by atoms with E-state index in [2.05, 4.69) is 16.1 Å². The molecular weight excluding hydrogens is 398 g/mol. The van der Waals surface area contributed by atoms with Crippen LogP contribution in [0, 0.1) is 6.92 Å². The number of anilines is 1. The smallest absolute Gasteiger partial charge is 0.255 e. The van der Waals surface area contributed by atoms with Gasteiger partial charge in [-0.2, -0.15) is 0 Å². The zero-order valence-electron chi connectivity index (χ0n) is 17.2. The Balaban J connectivity index is 1.42. The molecule has 7 heteroatoms. The Hall–Kier alpha value is -2.93. The number of rotatable bonds is 6. The third-order valence-corrected chi connectivity index (χ3v) is 6.25. The van der Waals surface area contributed by atoms with Gasteiger partial charge in [0.15, 0.2) is 0 Å². The molecule has 6 nitrogen and oxygen atoms in total. The summed E-state index contributed by atoms with van der Waals surface area (Å²) in [7, 11) is 1.69. The number of piperazine rings is 1. The molecule has 2 heterocycles. The van der Waals surface area contributed by atoms with Gasteiger partial charge in [-0.3, -0.25) is 4.79 Å². The molecule has 2 aromatic carbocycles. The molecule has 1 fully saturated rings. The van der Waals surface area contributed by atoms with Gasteiger partial charge in [-0.25, -0.2) is 0 Å². The summed E-state index contributed by atoms with van der Waals surface area (Å²) in [5.74, 6) is 2.39. The minimum atomic E-state index is 0.0755. The van der Waals surface area contributed by atoms with Gasteiger partial charge in [-0.1, -0.05) is 29.4 Å². The van der Waals surface area contributed by atoms with Crippen LogP contribution in [0.25, 0.3) is 0 Å². The number of thioether (sulfide) groups is 1. The predicted molar refractivity (Wildman–Crippen MR) is 118 cm³/mol. The Bertz CT molecular complexity index is 1010. The molecule has 0 unspecified atom stereocenters. The summed E-state index contributed by atoms with van der Waals surface area (Å²) in [6.45, 7) is 4.81. The second-order valence-corrected chi connectivity index (χ2v) is 8.19. The number of para-hydroxylation sites is 2. The van der Waals surface area contributed by atoms with E-state index in [0.29, 0.717) is 18.8 Å². The highest BCUT2D eigenvalue weighted by Crippen LogP contribution is 2.30. The van der Waals surface area contributed by atoms with E-state index in [-0.39, 0.29) is 5.91 Å². The zero-order valence-corrected chi connectivity index (χ0v) is 18.0. The first kappa shape index (κ1) is 20.3. The molecule has 0 atom stereocenters. The van der Waals surface area contributed by atoms with E-state index in [0.717, 1.165) is 46.4 Å². The normalized spacial score (nSPS) is 14.1. The first-order chi connectivity index (χ1) is 14.7. The molecule has 1 amide bonds. The molecule has 156 valence electrons. The summed E-state index contributed by atoms with van der Waals surface area (Å²) in [4.78, 5) is 18.4. The van der Waals surface area contributed by atoms with Crippen molar-refractivity contribution in [1.82, 2.24) is 10.1 Å². The number of benzene rings is 2. The number of nitrogens with zero attached hydrogens (tertiary/aromatic N) is 3. The van der Waals surface area contributed by atoms with Gasteiger partial charge in [0.2, 0.25) is 0 Å². The lowest BCUT2D eigenvalue weighted by Crippen LogP contribution is -2.49. The van der Waals surface area contributed by atoms with E-state index in [1.807, 2.05) is 60.4 Å². The zero-order chi connectivity index (χ0) is 20.9. The van der Waals surface area contributed by atoms with Crippen molar-refractivity contribution in [1.29, 1.82) is 0 Å². The maximum Gasteiger partial charge on any atom is 0.255 e. The van der Waals surface area contributed by atoms with Crippen LogP contribution >= 0.6 is 11.8 Å². The van der Waals surface area contributed by atoms with Crippen molar-refractivity contribution in [2.75, 3.05) is 38.2 Å². The SMILES string of the molecule is COc1ccccc1N1CCN(C(=O)c2ccccc2SCc2cc(C)no2)CC1. The first-order valence-electron chi connectivity index (χ1n) is 9.97. The lowest BCUT2D eigenvalue weighted by molar-refractivity contribution is 0.0743. The molecule has 3 aromatic rings. The second-order valence-electron chi connectivity index (χ2n) is 7.17. The molecule has 0 aliphatic carbocycles. The Labute approximate surface area is 180 Å². The number of carbonyl (C=O) groups is 1. The molecule has 0 radical (unpaired) electrons. The Kier molecular flexibility index (Phi) is 6.28. The summed E-state index contributed by atoms with van der Waals surface area (Å²) in [6.07, 6.45) is 0. The van der Waals surface area contributed by atoms with E-state index in [1.165, 1.54) is 0 Å². The minimum absolute atomic E-state index is 0.0755. The number of aryl methyl sites for hydroxylation is 1. The molecule has 0 saturated carbocycles. The van der Waals surface area contributed by atoms with E-state index in [1.54, 1.807) is 18.9 Å². The van der Waals surface area contributed by atoms with E-state index in [9.17, 15) is 4.79 Å². The molecule has 1 aromatic heterocycles. The molecule has 1 aliphatic heterocycles. The number of amides is 1. The molecular formula is C23H25N3O3S. The van der Waals surface area contributed by atoms with E-state index in [4.69, 9.17) is 9.26 Å². The van der Waals surface area contributed by atoms with Gasteiger partial charge in [0.05, 0.1) is 29.8 Å². The van der Waals surface area contributed by atoms with Crippen LogP contribution in [0.5, 0.6) is 5.75 Å². The standard InChI is InChI=1S/C23H25N3O3S/c1-17-15-18(29-24-17)16-30-22-10-6-3-7-19(22)23(27)26-13-11-25(12-14-26)20-8-4-5-9-21(20)28-2/h3-10,15H,11-14,16H2,1-2H3. The number of hydrogen-bond acceptors (Lipinski definition) is 6. The first-order valence-corrected chi connectivity index (χ1v) is 11.0. The Morgan fingerprint density at radius 2 is 1.83 bits per heavy atom. The van der Waals surface area contributed by atoms with Crippen LogP contribution < -0.4 is 9.64 Å². The molecule has 0 spiro atoms. The number of aromatic nitrogens is 1. The van der Waals surface area contributed by atoms with Gasteiger partial charge >= 0.3 is 0 Å². The van der Waals surface area contributed by atoms with Crippen molar-refractivity contribution >= 4 is 23.4 Å². The highest BCUT2D eigenvalue weighted by atomic mass is 32.2. The summed E-state index contributed by atoms with van der Waals surface area (Å²) in [6, 6.07) is 17.7. The summed E-state index contributed by atoms with van der Waals surface area (Å²) in [5.41, 5.74) is 2.68. The predicted octanol–water partition coefficient (Wildman–Crippen LogP) is 4.25. The quantitative estimate of drug-likeness (QED) is 0.553. The third kappa shape index (κ3) is 4.46. The minimum Gasteiger partial charge on any atom is -0.495 e. The van der Waals surface area contributed by atoms with E-state index < -0.39 is 0 Å². The topological polar surface area (TPSA) is 58.8 Å². The van der Waals surface area contributed by atoms with Crippen LogP contribution in [0.15, 0.2) is 64.0 Å². The van der Waals surface area contributed by atoms with Crippen molar-refractivity contribution in [3.8, 4) is 5.75 Å². The monoisotopic (exact) mass is 423 g/mol. The molecule has 1 saturated heterocycles. The lowest BCUT2D eigenvalue weighted by Gasteiger charge is -2.36. The average molecular weight is 424 g/mol. The van der Waals surface area contributed by atoms with Crippen molar-refractivity contribution in [3.63, 3.8) is 0 Å². The van der Waals surface area contributed by atoms with Crippen molar-refractivity contribution in [3.05, 3.63) is 71.6 Å². The molecule has 0 bridgehead atoms. The van der Waals surface area contributed by atoms with Gasteiger partial charge in [0.25, 0.3) is 5.91 Å². The van der Waals surface area contributed by atoms with Crippen LogP contribution in [0.3, 0.4) is 0 Å². The highest BCUT2D eigenvalue weighted by molar-refractivity contribution is 7.98. The number of carbonyl (C=O) groups excluding carboxylic acids is 1. The van der Waals surface area contributed by atoms with E-state index >= 15 is 0 Å². The fraction of sp³-hybridized carbons (Fsp3) is 0.304. The van der Waals surface area contributed by atoms with Crippen molar-refractivity contribution in [2.45, 2.75) is 17.6 Å². The van der Waals surface area contributed by atoms with Crippen molar-refractivity contribution in [2.24, 2.45) is 0 Å². The highest BCUT2D eigenvalue weighted by Gasteiger charge is 2.25. The third-order valence-electron chi connectivity index (χ3n) is 5.16. The van der Waals surface area contributed by atoms with Crippen molar-refractivity contribution < 1.29 is 14.1 Å². The Morgan fingerprint density at radius 1 is 1.10 bits per heavy atom. The molecule has 1 aliphatic rings. The van der Waals surface area contributed by atoms with Crippen LogP contribution in [0.1, 0.15) is 21.8 Å². The average Bonchev–Trinajstić information content (AvgIpc) is 3.22. The number of methoxy groups -OCH3 is 1. The van der Waals surface area contributed by atoms with Gasteiger partial charge in [-0.05, 0) is 31.2 Å². The van der Waals surface area contributed by atoms with Gasteiger partial charge in [0.1, 0.15) is 11.5 Å². The summed E-state index contributed by atoms with van der Waals surface area (Å²) in [5, 5.41) is 3.93. The van der Waals surface area contributed by atoms with Gasteiger partial charge in [0, 0.05) is 37.1 Å². The van der Waals surface area contributed by atoms with Crippen LogP contribution in [-0.4, -0.2) is 49.3 Å². The number of ether oxygens (including phenoxy) is 1. The lowest BCUT2D eigenvalue weighted by atomic mass is 10.1. The largest absolute Gasteiger partial charge is 0.495 e. The van der Waals surface area contributed by atoms with Gasteiger partial charge in [-0.15, -0.1) is 11.8 Å². The van der Waals surface area contributed by atoms with Crippen LogP contribution in [0.2, 0.25) is 0 Å². The molecule has 0 N–H and O–H groups in total. The second kappa shape index (κ2) is 9.26. The summed E-state index contributed by atoms with van der Waals surface area (Å²) < 4.78 is 10.8. The number of hydrogen-bond donors (Lipinski definition) is 0. The summed E-state index contributed by atoms with van der Waals surface area (Å²) >= 11 is 1.60. The Morgan fingerprint density at radius 3 is 2.57 bits per heavy atom. The maximum absolute atomic E-state index is 13.2. The van der Waals surface area contributed by atoms with Crippen LogP contribution in [0.4, 0.5) is 5.69 Å².